The van der Waals surface area contributed by atoms with Crippen molar-refractivity contribution in [2.24, 2.45) is 0 Å². The lowest BCUT2D eigenvalue weighted by atomic mass is 10.3. The Hall–Kier alpha value is -0.720. The molecule has 18 heavy (non-hydrogen) atoms. The maximum Gasteiger partial charge on any atom is 0.246 e. The van der Waals surface area contributed by atoms with Crippen LogP contribution in [-0.4, -0.2) is 25.8 Å². The van der Waals surface area contributed by atoms with Crippen molar-refractivity contribution in [1.82, 2.24) is 4.31 Å². The first-order chi connectivity index (χ1) is 8.28. The quantitative estimate of drug-likeness (QED) is 0.775. The van der Waals surface area contributed by atoms with Crippen LogP contribution in [-0.2, 0) is 10.0 Å². The van der Waals surface area contributed by atoms with E-state index in [1.807, 2.05) is 0 Å². The van der Waals surface area contributed by atoms with Crippen molar-refractivity contribution in [1.29, 1.82) is 0 Å². The van der Waals surface area contributed by atoms with Crippen molar-refractivity contribution in [2.45, 2.75) is 18.7 Å². The molecule has 0 aromatic heterocycles. The fourth-order valence-corrected chi connectivity index (χ4v) is 3.38. The SMILES string of the molecule is C=C(C)CN(CC)S(=O)(=O)c1ccc(Br)cc1F. The van der Waals surface area contributed by atoms with Crippen LogP contribution in [0.2, 0.25) is 0 Å². The molecular weight excluding hydrogens is 321 g/mol. The van der Waals surface area contributed by atoms with Gasteiger partial charge in [-0.15, -0.1) is 0 Å². The van der Waals surface area contributed by atoms with Crippen LogP contribution in [0.1, 0.15) is 13.8 Å². The molecule has 0 fully saturated rings. The molecular formula is C12H15BrFNO2S. The van der Waals surface area contributed by atoms with E-state index in [9.17, 15) is 12.8 Å². The minimum absolute atomic E-state index is 0.189. The van der Waals surface area contributed by atoms with E-state index < -0.39 is 15.8 Å². The average Bonchev–Trinajstić information content (AvgIpc) is 2.24. The van der Waals surface area contributed by atoms with Crippen LogP contribution in [0.25, 0.3) is 0 Å². The molecule has 0 amide bonds. The summed E-state index contributed by atoms with van der Waals surface area (Å²) in [6.45, 7) is 7.57. The summed E-state index contributed by atoms with van der Waals surface area (Å²) < 4.78 is 39.9. The van der Waals surface area contributed by atoms with Crippen molar-refractivity contribution in [2.75, 3.05) is 13.1 Å². The number of rotatable bonds is 5. The Bertz CT molecular complexity index is 557. The second-order valence-corrected chi connectivity index (χ2v) is 6.79. The molecule has 6 heteroatoms. The molecule has 0 aliphatic carbocycles. The third-order valence-electron chi connectivity index (χ3n) is 2.31. The molecule has 0 spiro atoms. The normalized spacial score (nSPS) is 11.8. The molecule has 1 aromatic carbocycles. The first-order valence-corrected chi connectivity index (χ1v) is 7.62. The van der Waals surface area contributed by atoms with Gasteiger partial charge in [0, 0.05) is 17.6 Å². The summed E-state index contributed by atoms with van der Waals surface area (Å²) in [5.74, 6) is -0.760. The van der Waals surface area contributed by atoms with E-state index in [4.69, 9.17) is 0 Å². The second kappa shape index (κ2) is 5.95. The molecule has 0 unspecified atom stereocenters. The highest BCUT2D eigenvalue weighted by molar-refractivity contribution is 9.10. The van der Waals surface area contributed by atoms with Crippen LogP contribution >= 0.6 is 15.9 Å². The molecule has 0 aliphatic rings. The maximum absolute atomic E-state index is 13.7. The van der Waals surface area contributed by atoms with Crippen molar-refractivity contribution in [3.05, 3.63) is 40.6 Å². The Morgan fingerprint density at radius 1 is 1.50 bits per heavy atom. The van der Waals surface area contributed by atoms with Gasteiger partial charge >= 0.3 is 0 Å². The smallest absolute Gasteiger partial charge is 0.207 e. The number of hydrogen-bond donors (Lipinski definition) is 0. The summed E-state index contributed by atoms with van der Waals surface area (Å²) >= 11 is 3.09. The zero-order valence-electron chi connectivity index (χ0n) is 10.3. The molecule has 3 nitrogen and oxygen atoms in total. The summed E-state index contributed by atoms with van der Waals surface area (Å²) in [7, 11) is -3.82. The Morgan fingerprint density at radius 3 is 2.56 bits per heavy atom. The molecule has 100 valence electrons. The van der Waals surface area contributed by atoms with Crippen molar-refractivity contribution < 1.29 is 12.8 Å². The van der Waals surface area contributed by atoms with E-state index in [1.54, 1.807) is 13.8 Å². The van der Waals surface area contributed by atoms with E-state index in [2.05, 4.69) is 22.5 Å². The molecule has 0 aliphatic heterocycles. The largest absolute Gasteiger partial charge is 0.246 e. The highest BCUT2D eigenvalue weighted by Gasteiger charge is 2.26. The number of sulfonamides is 1. The molecule has 0 atom stereocenters. The molecule has 0 radical (unpaired) electrons. The Balaban J connectivity index is 3.23. The van der Waals surface area contributed by atoms with Crippen LogP contribution < -0.4 is 0 Å². The number of benzene rings is 1. The van der Waals surface area contributed by atoms with Crippen LogP contribution in [0.15, 0.2) is 39.7 Å². The van der Waals surface area contributed by atoms with Crippen molar-refractivity contribution in [3.63, 3.8) is 0 Å². The predicted octanol–water partition coefficient (Wildman–Crippen LogP) is 3.17. The molecule has 0 saturated carbocycles. The molecule has 0 saturated heterocycles. The minimum atomic E-state index is -3.82. The molecule has 0 heterocycles. The van der Waals surface area contributed by atoms with Crippen LogP contribution in [0.5, 0.6) is 0 Å². The number of hydrogen-bond acceptors (Lipinski definition) is 2. The summed E-state index contributed by atoms with van der Waals surface area (Å²) in [5.41, 5.74) is 0.706. The van der Waals surface area contributed by atoms with Gasteiger partial charge in [0.1, 0.15) is 10.7 Å². The third kappa shape index (κ3) is 3.40. The Labute approximate surface area is 115 Å². The second-order valence-electron chi connectivity index (χ2n) is 3.96. The Morgan fingerprint density at radius 2 is 2.11 bits per heavy atom. The molecule has 0 bridgehead atoms. The van der Waals surface area contributed by atoms with E-state index in [-0.39, 0.29) is 18.0 Å². The van der Waals surface area contributed by atoms with Gasteiger partial charge in [0.05, 0.1) is 0 Å². The first kappa shape index (κ1) is 15.3. The number of likely N-dealkylation sites (N-methyl/N-ethyl adjacent to an activating group) is 1. The highest BCUT2D eigenvalue weighted by Crippen LogP contribution is 2.23. The van der Waals surface area contributed by atoms with E-state index in [0.29, 0.717) is 10.0 Å². The lowest BCUT2D eigenvalue weighted by Gasteiger charge is -2.20. The fraction of sp³-hybridized carbons (Fsp3) is 0.333. The summed E-state index contributed by atoms with van der Waals surface area (Å²) in [5, 5.41) is 0. The number of halogens is 2. The van der Waals surface area contributed by atoms with Gasteiger partial charge in [-0.25, -0.2) is 12.8 Å². The zero-order chi connectivity index (χ0) is 13.9. The van der Waals surface area contributed by atoms with Gasteiger partial charge in [0.25, 0.3) is 0 Å². The van der Waals surface area contributed by atoms with Crippen LogP contribution in [0.3, 0.4) is 0 Å². The van der Waals surface area contributed by atoms with Gasteiger partial charge in [-0.2, -0.15) is 4.31 Å². The fourth-order valence-electron chi connectivity index (χ4n) is 1.49. The Kier molecular flexibility index (Phi) is 5.07. The van der Waals surface area contributed by atoms with Crippen LogP contribution in [0.4, 0.5) is 4.39 Å². The van der Waals surface area contributed by atoms with Crippen molar-refractivity contribution in [3.8, 4) is 0 Å². The first-order valence-electron chi connectivity index (χ1n) is 5.38. The van der Waals surface area contributed by atoms with Gasteiger partial charge in [-0.1, -0.05) is 35.0 Å². The maximum atomic E-state index is 13.7. The van der Waals surface area contributed by atoms with Crippen LogP contribution in [0, 0.1) is 5.82 Å². The van der Waals surface area contributed by atoms with Gasteiger partial charge in [0.2, 0.25) is 10.0 Å². The average molecular weight is 336 g/mol. The lowest BCUT2D eigenvalue weighted by Crippen LogP contribution is -2.32. The standard InChI is InChI=1S/C12H15BrFNO2S/c1-4-15(8-9(2)3)18(16,17)12-6-5-10(13)7-11(12)14/h5-7H,2,4,8H2,1,3H3. The molecule has 1 rings (SSSR count). The van der Waals surface area contributed by atoms with Gasteiger partial charge in [0.15, 0.2) is 0 Å². The van der Waals surface area contributed by atoms with Gasteiger partial charge in [-0.3, -0.25) is 0 Å². The summed E-state index contributed by atoms with van der Waals surface area (Å²) in [6, 6.07) is 3.90. The van der Waals surface area contributed by atoms with Gasteiger partial charge in [-0.05, 0) is 25.1 Å². The minimum Gasteiger partial charge on any atom is -0.207 e. The highest BCUT2D eigenvalue weighted by atomic mass is 79.9. The lowest BCUT2D eigenvalue weighted by molar-refractivity contribution is 0.447. The monoisotopic (exact) mass is 335 g/mol. The molecule has 1 aromatic rings. The van der Waals surface area contributed by atoms with Gasteiger partial charge < -0.3 is 0 Å². The topological polar surface area (TPSA) is 37.4 Å². The van der Waals surface area contributed by atoms with Crippen molar-refractivity contribution >= 4 is 26.0 Å². The summed E-state index contributed by atoms with van der Waals surface area (Å²) in [6.07, 6.45) is 0. The van der Waals surface area contributed by atoms with E-state index in [0.717, 1.165) is 6.07 Å². The molecule has 0 N–H and O–H groups in total. The third-order valence-corrected chi connectivity index (χ3v) is 4.76. The zero-order valence-corrected chi connectivity index (χ0v) is 12.7. The number of nitrogens with zero attached hydrogens (tertiary/aromatic N) is 1. The van der Waals surface area contributed by atoms with E-state index >= 15 is 0 Å². The predicted molar refractivity (Wildman–Crippen MR) is 73.3 cm³/mol. The van der Waals surface area contributed by atoms with E-state index in [1.165, 1.54) is 16.4 Å². The summed E-state index contributed by atoms with van der Waals surface area (Å²) in [4.78, 5) is -0.311.